The smallest absolute Gasteiger partial charge is 0.175 e. The molecule has 96 valence electrons. The van der Waals surface area contributed by atoms with Crippen LogP contribution in [0.1, 0.15) is 6.92 Å². The molecule has 6 heteroatoms. The van der Waals surface area contributed by atoms with Crippen molar-refractivity contribution in [3.8, 4) is 17.9 Å². The Balaban J connectivity index is 2.83. The second-order valence-electron chi connectivity index (χ2n) is 3.32. The molecule has 0 saturated carbocycles. The van der Waals surface area contributed by atoms with Gasteiger partial charge in [0.05, 0.1) is 18.6 Å². The van der Waals surface area contributed by atoms with Crippen LogP contribution in [0.5, 0.6) is 5.75 Å². The minimum atomic E-state index is -0.223. The third kappa shape index (κ3) is 4.06. The molecule has 0 radical (unpaired) electrons. The van der Waals surface area contributed by atoms with Crippen LogP contribution < -0.4 is 15.8 Å². The average molecular weight is 255 g/mol. The molecule has 3 N–H and O–H groups in total. The summed E-state index contributed by atoms with van der Waals surface area (Å²) in [5.41, 5.74) is 5.67. The van der Waals surface area contributed by atoms with Crippen LogP contribution in [0.4, 0.5) is 5.69 Å². The van der Waals surface area contributed by atoms with E-state index in [1.165, 1.54) is 6.34 Å². The molecule has 6 nitrogen and oxygen atoms in total. The topological polar surface area (TPSA) is 107 Å². The standard InChI is InChI=1S/C13H13N5O/c1-2-19-13-6-4-3-5-11(13)17-9-18-12(8-15)10(16)7-14/h3-6,9H,2,16H2,1H3,(H,17,18)/b12-10-. The Hall–Kier alpha value is -2.99. The van der Waals surface area contributed by atoms with Crippen LogP contribution in [0.2, 0.25) is 0 Å². The number of nitrogens with zero attached hydrogens (tertiary/aromatic N) is 3. The zero-order valence-corrected chi connectivity index (χ0v) is 10.4. The summed E-state index contributed by atoms with van der Waals surface area (Å²) in [5, 5.41) is 20.2. The SMILES string of the molecule is CCOc1ccccc1NC=N/C(C#N)=C(\N)C#N. The number of para-hydroxylation sites is 2. The highest BCUT2D eigenvalue weighted by Gasteiger charge is 2.01. The number of anilines is 1. The Kier molecular flexibility index (Phi) is 5.45. The average Bonchev–Trinajstić information content (AvgIpc) is 2.45. The molecule has 0 bridgehead atoms. The van der Waals surface area contributed by atoms with Crippen LogP contribution in [0.25, 0.3) is 0 Å². The molecule has 1 aromatic carbocycles. The third-order valence-electron chi connectivity index (χ3n) is 2.08. The van der Waals surface area contributed by atoms with Crippen LogP contribution in [0.15, 0.2) is 40.7 Å². The number of nitrogens with two attached hydrogens (primary N) is 1. The van der Waals surface area contributed by atoms with Crippen LogP contribution in [0, 0.1) is 22.7 Å². The number of aliphatic imine (C=N–C) groups is 1. The first-order chi connectivity index (χ1) is 9.22. The highest BCUT2D eigenvalue weighted by molar-refractivity contribution is 5.79. The van der Waals surface area contributed by atoms with Gasteiger partial charge < -0.3 is 15.8 Å². The Morgan fingerprint density at radius 1 is 1.42 bits per heavy atom. The lowest BCUT2D eigenvalue weighted by molar-refractivity contribution is 0.342. The van der Waals surface area contributed by atoms with Crippen molar-refractivity contribution in [2.24, 2.45) is 10.7 Å². The van der Waals surface area contributed by atoms with Crippen molar-refractivity contribution in [1.29, 1.82) is 10.5 Å². The van der Waals surface area contributed by atoms with Gasteiger partial charge in [0.2, 0.25) is 0 Å². The van der Waals surface area contributed by atoms with E-state index >= 15 is 0 Å². The molecule has 19 heavy (non-hydrogen) atoms. The fourth-order valence-corrected chi connectivity index (χ4v) is 1.25. The Bertz CT molecular complexity index is 577. The second-order valence-corrected chi connectivity index (χ2v) is 3.32. The minimum Gasteiger partial charge on any atom is -0.492 e. The third-order valence-corrected chi connectivity index (χ3v) is 2.08. The predicted molar refractivity (Wildman–Crippen MR) is 72.2 cm³/mol. The number of nitriles is 2. The monoisotopic (exact) mass is 255 g/mol. The maximum absolute atomic E-state index is 8.76. The van der Waals surface area contributed by atoms with E-state index in [0.29, 0.717) is 18.0 Å². The molecule has 0 atom stereocenters. The van der Waals surface area contributed by atoms with E-state index in [1.807, 2.05) is 25.1 Å². The summed E-state index contributed by atoms with van der Waals surface area (Å²) in [4.78, 5) is 3.79. The van der Waals surface area contributed by atoms with Gasteiger partial charge in [-0.25, -0.2) is 4.99 Å². The summed E-state index contributed by atoms with van der Waals surface area (Å²) in [7, 11) is 0. The quantitative estimate of drug-likeness (QED) is 0.473. The van der Waals surface area contributed by atoms with E-state index in [9.17, 15) is 0 Å². The molecule has 1 rings (SSSR count). The predicted octanol–water partition coefficient (Wildman–Crippen LogP) is 1.74. The maximum atomic E-state index is 8.76. The first kappa shape index (κ1) is 14.1. The Morgan fingerprint density at radius 3 is 2.79 bits per heavy atom. The van der Waals surface area contributed by atoms with Crippen molar-refractivity contribution < 1.29 is 4.74 Å². The Labute approximate surface area is 111 Å². The molecule has 0 heterocycles. The van der Waals surface area contributed by atoms with E-state index in [2.05, 4.69) is 10.3 Å². The van der Waals surface area contributed by atoms with Gasteiger partial charge in [-0.2, -0.15) is 10.5 Å². The van der Waals surface area contributed by atoms with E-state index in [1.54, 1.807) is 18.2 Å². The van der Waals surface area contributed by atoms with Crippen molar-refractivity contribution >= 4 is 12.0 Å². The summed E-state index contributed by atoms with van der Waals surface area (Å²) < 4.78 is 5.41. The molecular formula is C13H13N5O. The van der Waals surface area contributed by atoms with Crippen LogP contribution in [-0.4, -0.2) is 12.9 Å². The van der Waals surface area contributed by atoms with Crippen LogP contribution in [0.3, 0.4) is 0 Å². The molecule has 0 spiro atoms. The number of hydrogen-bond acceptors (Lipinski definition) is 5. The number of allylic oxidation sites excluding steroid dienone is 2. The highest BCUT2D eigenvalue weighted by atomic mass is 16.5. The van der Waals surface area contributed by atoms with Gasteiger partial charge in [-0.3, -0.25) is 0 Å². The first-order valence-corrected chi connectivity index (χ1v) is 5.53. The number of benzene rings is 1. The van der Waals surface area contributed by atoms with Gasteiger partial charge in [0, 0.05) is 0 Å². The maximum Gasteiger partial charge on any atom is 0.175 e. The van der Waals surface area contributed by atoms with E-state index < -0.39 is 0 Å². The molecule has 0 aliphatic heterocycles. The normalized spacial score (nSPS) is 11.3. The minimum absolute atomic E-state index is 0.135. The lowest BCUT2D eigenvalue weighted by Crippen LogP contribution is -2.02. The van der Waals surface area contributed by atoms with Crippen LogP contribution >= 0.6 is 0 Å². The van der Waals surface area contributed by atoms with Gasteiger partial charge in [-0.1, -0.05) is 12.1 Å². The largest absolute Gasteiger partial charge is 0.492 e. The zero-order valence-electron chi connectivity index (χ0n) is 10.4. The van der Waals surface area contributed by atoms with Gasteiger partial charge in [0.25, 0.3) is 0 Å². The van der Waals surface area contributed by atoms with Crippen molar-refractivity contribution in [2.75, 3.05) is 11.9 Å². The second kappa shape index (κ2) is 7.36. The number of hydrogen-bond donors (Lipinski definition) is 2. The van der Waals surface area contributed by atoms with Gasteiger partial charge >= 0.3 is 0 Å². The van der Waals surface area contributed by atoms with Crippen molar-refractivity contribution in [2.45, 2.75) is 6.92 Å². The lowest BCUT2D eigenvalue weighted by Gasteiger charge is -2.08. The van der Waals surface area contributed by atoms with Crippen molar-refractivity contribution in [3.63, 3.8) is 0 Å². The van der Waals surface area contributed by atoms with Crippen molar-refractivity contribution in [1.82, 2.24) is 0 Å². The summed E-state index contributed by atoms with van der Waals surface area (Å²) in [6, 6.07) is 10.7. The number of ether oxygens (including phenoxy) is 1. The van der Waals surface area contributed by atoms with Gasteiger partial charge in [-0.05, 0) is 19.1 Å². The molecular weight excluding hydrogens is 242 g/mol. The van der Waals surface area contributed by atoms with Crippen molar-refractivity contribution in [3.05, 3.63) is 35.7 Å². The summed E-state index contributed by atoms with van der Waals surface area (Å²) in [6.45, 7) is 2.43. The molecule has 1 aromatic rings. The van der Waals surface area contributed by atoms with E-state index in [-0.39, 0.29) is 11.4 Å². The van der Waals surface area contributed by atoms with Gasteiger partial charge in [-0.15, -0.1) is 0 Å². The highest BCUT2D eigenvalue weighted by Crippen LogP contribution is 2.22. The van der Waals surface area contributed by atoms with E-state index in [4.69, 9.17) is 21.0 Å². The summed E-state index contributed by atoms with van der Waals surface area (Å²) in [6.07, 6.45) is 1.29. The Morgan fingerprint density at radius 2 is 2.16 bits per heavy atom. The number of rotatable bonds is 5. The molecule has 0 saturated heterocycles. The van der Waals surface area contributed by atoms with Gasteiger partial charge in [0.1, 0.15) is 23.6 Å². The number of nitrogens with one attached hydrogen (secondary N) is 1. The molecule has 0 unspecified atom stereocenters. The molecule has 0 aliphatic carbocycles. The summed E-state index contributed by atoms with van der Waals surface area (Å²) in [5.74, 6) is 0.673. The molecule has 0 aromatic heterocycles. The lowest BCUT2D eigenvalue weighted by atomic mass is 10.3. The fourth-order valence-electron chi connectivity index (χ4n) is 1.25. The zero-order chi connectivity index (χ0) is 14.1. The van der Waals surface area contributed by atoms with E-state index in [0.717, 1.165) is 0 Å². The van der Waals surface area contributed by atoms with Crippen LogP contribution in [-0.2, 0) is 0 Å². The molecule has 0 aliphatic rings. The summed E-state index contributed by atoms with van der Waals surface area (Å²) >= 11 is 0. The molecule has 0 fully saturated rings. The fraction of sp³-hybridized carbons (Fsp3) is 0.154. The molecule has 0 amide bonds. The first-order valence-electron chi connectivity index (χ1n) is 5.53. The van der Waals surface area contributed by atoms with Gasteiger partial charge in [0.15, 0.2) is 5.70 Å².